The molecule has 3 aliphatic rings. The van der Waals surface area contributed by atoms with Crippen LogP contribution in [0.1, 0.15) is 38.5 Å². The zero-order valence-electron chi connectivity index (χ0n) is 18.3. The highest BCUT2D eigenvalue weighted by Gasteiger charge is 2.34. The van der Waals surface area contributed by atoms with Crippen LogP contribution in [0.4, 0.5) is 5.69 Å². The third-order valence-corrected chi connectivity index (χ3v) is 8.62. The van der Waals surface area contributed by atoms with Crippen LogP contribution in [0.2, 0.25) is 5.02 Å². The summed E-state index contributed by atoms with van der Waals surface area (Å²) in [5.74, 6) is 0.200. The summed E-state index contributed by atoms with van der Waals surface area (Å²) < 4.78 is 27.7. The van der Waals surface area contributed by atoms with Gasteiger partial charge in [0, 0.05) is 45.2 Å². The molecule has 2 saturated heterocycles. The summed E-state index contributed by atoms with van der Waals surface area (Å²) in [6.45, 7) is 3.75. The minimum atomic E-state index is -3.63. The highest BCUT2D eigenvalue weighted by molar-refractivity contribution is 7.89. The van der Waals surface area contributed by atoms with Crippen molar-refractivity contribution in [2.75, 3.05) is 51.1 Å². The Kier molecular flexibility index (Phi) is 7.39. The number of sulfonamides is 1. The van der Waals surface area contributed by atoms with Gasteiger partial charge in [0.25, 0.3) is 0 Å². The molecule has 1 saturated carbocycles. The Labute approximate surface area is 194 Å². The van der Waals surface area contributed by atoms with Gasteiger partial charge in [-0.25, -0.2) is 8.42 Å². The van der Waals surface area contributed by atoms with E-state index in [4.69, 9.17) is 11.6 Å². The monoisotopic (exact) mass is 482 g/mol. The second-order valence-electron chi connectivity index (χ2n) is 8.88. The first-order valence-electron chi connectivity index (χ1n) is 11.5. The maximum atomic E-state index is 13.1. The quantitative estimate of drug-likeness (QED) is 0.672. The molecule has 10 heteroatoms. The van der Waals surface area contributed by atoms with Crippen LogP contribution in [0.25, 0.3) is 0 Å². The predicted octanol–water partition coefficient (Wildman–Crippen LogP) is 2.40. The number of piperazine rings is 1. The average Bonchev–Trinajstić information content (AvgIpc) is 3.62. The Morgan fingerprint density at radius 2 is 1.62 bits per heavy atom. The van der Waals surface area contributed by atoms with Gasteiger partial charge in [0.05, 0.1) is 22.2 Å². The molecule has 8 nitrogen and oxygen atoms in total. The molecule has 0 radical (unpaired) electrons. The van der Waals surface area contributed by atoms with E-state index in [0.29, 0.717) is 50.0 Å². The van der Waals surface area contributed by atoms with Crippen LogP contribution in [0, 0.1) is 5.92 Å². The van der Waals surface area contributed by atoms with E-state index >= 15 is 0 Å². The molecule has 4 rings (SSSR count). The second kappa shape index (κ2) is 10.1. The maximum Gasteiger partial charge on any atom is 0.243 e. The van der Waals surface area contributed by atoms with Gasteiger partial charge in [-0.15, -0.1) is 0 Å². The van der Waals surface area contributed by atoms with Crippen LogP contribution in [0.15, 0.2) is 23.1 Å². The SMILES string of the molecule is O=C(CN1CCN(C(=O)C2CC2)CC1)Nc1cc(S(=O)(=O)N2CCCCCC2)ccc1Cl. The van der Waals surface area contributed by atoms with Crippen LogP contribution in [-0.4, -0.2) is 80.2 Å². The van der Waals surface area contributed by atoms with Crippen LogP contribution < -0.4 is 5.32 Å². The molecule has 0 bridgehead atoms. The van der Waals surface area contributed by atoms with Gasteiger partial charge in [-0.2, -0.15) is 4.31 Å². The lowest BCUT2D eigenvalue weighted by Gasteiger charge is -2.34. The van der Waals surface area contributed by atoms with Gasteiger partial charge in [-0.3, -0.25) is 14.5 Å². The summed E-state index contributed by atoms with van der Waals surface area (Å²) in [7, 11) is -3.63. The summed E-state index contributed by atoms with van der Waals surface area (Å²) in [6, 6.07) is 4.46. The van der Waals surface area contributed by atoms with Crippen molar-refractivity contribution in [2.24, 2.45) is 5.92 Å². The summed E-state index contributed by atoms with van der Waals surface area (Å²) in [6.07, 6.45) is 5.78. The van der Waals surface area contributed by atoms with Gasteiger partial charge in [-0.1, -0.05) is 24.4 Å². The van der Waals surface area contributed by atoms with E-state index in [9.17, 15) is 18.0 Å². The van der Waals surface area contributed by atoms with E-state index in [1.54, 1.807) is 0 Å². The molecule has 0 atom stereocenters. The van der Waals surface area contributed by atoms with E-state index < -0.39 is 10.0 Å². The highest BCUT2D eigenvalue weighted by Crippen LogP contribution is 2.31. The Balaban J connectivity index is 1.35. The van der Waals surface area contributed by atoms with Crippen LogP contribution in [-0.2, 0) is 19.6 Å². The van der Waals surface area contributed by atoms with Crippen molar-refractivity contribution < 1.29 is 18.0 Å². The lowest BCUT2D eigenvalue weighted by molar-refractivity contribution is -0.134. The minimum absolute atomic E-state index is 0.145. The molecule has 176 valence electrons. The molecule has 1 N–H and O–H groups in total. The second-order valence-corrected chi connectivity index (χ2v) is 11.2. The zero-order valence-corrected chi connectivity index (χ0v) is 19.8. The fourth-order valence-corrected chi connectivity index (χ4v) is 6.01. The molecule has 32 heavy (non-hydrogen) atoms. The number of amides is 2. The molecule has 0 unspecified atom stereocenters. The van der Waals surface area contributed by atoms with E-state index in [0.717, 1.165) is 38.5 Å². The van der Waals surface area contributed by atoms with Crippen LogP contribution in [0.3, 0.4) is 0 Å². The summed E-state index contributed by atoms with van der Waals surface area (Å²) in [4.78, 5) is 28.8. The molecule has 1 aliphatic carbocycles. The smallest absolute Gasteiger partial charge is 0.243 e. The molecule has 0 spiro atoms. The molecule has 1 aromatic carbocycles. The van der Waals surface area contributed by atoms with Crippen molar-refractivity contribution in [1.29, 1.82) is 0 Å². The fourth-order valence-electron chi connectivity index (χ4n) is 4.30. The third-order valence-electron chi connectivity index (χ3n) is 6.39. The predicted molar refractivity (Wildman–Crippen MR) is 123 cm³/mol. The van der Waals surface area contributed by atoms with Gasteiger partial charge in [0.15, 0.2) is 0 Å². The highest BCUT2D eigenvalue weighted by atomic mass is 35.5. The number of halogens is 1. The molecule has 3 fully saturated rings. The van der Waals surface area contributed by atoms with E-state index in [2.05, 4.69) is 5.32 Å². The third kappa shape index (κ3) is 5.62. The number of hydrogen-bond donors (Lipinski definition) is 1. The summed E-state index contributed by atoms with van der Waals surface area (Å²) in [5.41, 5.74) is 0.301. The molecule has 0 aromatic heterocycles. The number of nitrogens with zero attached hydrogens (tertiary/aromatic N) is 3. The molecular weight excluding hydrogens is 452 g/mol. The van der Waals surface area contributed by atoms with E-state index in [1.165, 1.54) is 22.5 Å². The van der Waals surface area contributed by atoms with E-state index in [-0.39, 0.29) is 29.2 Å². The standard InChI is InChI=1S/C22H31ClN4O4S/c23-19-8-7-18(32(30,31)27-9-3-1-2-4-10-27)15-20(19)24-21(28)16-25-11-13-26(14-12-25)22(29)17-5-6-17/h7-8,15,17H,1-6,9-14,16H2,(H,24,28). The van der Waals surface area contributed by atoms with Crippen molar-refractivity contribution in [3.63, 3.8) is 0 Å². The van der Waals surface area contributed by atoms with Crippen molar-refractivity contribution in [3.8, 4) is 0 Å². The van der Waals surface area contributed by atoms with Gasteiger partial charge in [0.2, 0.25) is 21.8 Å². The van der Waals surface area contributed by atoms with Crippen LogP contribution in [0.5, 0.6) is 0 Å². The first-order chi connectivity index (χ1) is 15.3. The molecule has 2 aliphatic heterocycles. The zero-order chi connectivity index (χ0) is 22.7. The summed E-state index contributed by atoms with van der Waals surface area (Å²) >= 11 is 6.25. The fraction of sp³-hybridized carbons (Fsp3) is 0.636. The lowest BCUT2D eigenvalue weighted by Crippen LogP contribution is -2.50. The Morgan fingerprint density at radius 1 is 0.969 bits per heavy atom. The molecule has 1 aromatic rings. The topological polar surface area (TPSA) is 90.0 Å². The van der Waals surface area contributed by atoms with Crippen molar-refractivity contribution >= 4 is 39.1 Å². The first kappa shape index (κ1) is 23.5. The Morgan fingerprint density at radius 3 is 2.25 bits per heavy atom. The largest absolute Gasteiger partial charge is 0.340 e. The minimum Gasteiger partial charge on any atom is -0.340 e. The number of carbonyl (C=O) groups excluding carboxylic acids is 2. The Hall–Kier alpha value is -1.68. The van der Waals surface area contributed by atoms with Gasteiger partial charge in [0.1, 0.15) is 0 Å². The number of rotatable bonds is 6. The number of hydrogen-bond acceptors (Lipinski definition) is 5. The van der Waals surface area contributed by atoms with Crippen LogP contribution >= 0.6 is 11.6 Å². The lowest BCUT2D eigenvalue weighted by atomic mass is 10.2. The number of nitrogens with one attached hydrogen (secondary N) is 1. The van der Waals surface area contributed by atoms with Gasteiger partial charge in [-0.05, 0) is 43.9 Å². The van der Waals surface area contributed by atoms with Gasteiger partial charge < -0.3 is 10.2 Å². The van der Waals surface area contributed by atoms with Crippen molar-refractivity contribution in [2.45, 2.75) is 43.4 Å². The maximum absolute atomic E-state index is 13.1. The normalized spacial score (nSPS) is 21.2. The van der Waals surface area contributed by atoms with E-state index in [1.807, 2.05) is 9.80 Å². The first-order valence-corrected chi connectivity index (χ1v) is 13.3. The number of benzene rings is 1. The molecule has 2 amide bonds. The molecular formula is C22H31ClN4O4S. The molecule has 2 heterocycles. The summed E-state index contributed by atoms with van der Waals surface area (Å²) in [5, 5.41) is 3.07. The van der Waals surface area contributed by atoms with Crippen molar-refractivity contribution in [1.82, 2.24) is 14.1 Å². The van der Waals surface area contributed by atoms with Gasteiger partial charge >= 0.3 is 0 Å². The number of carbonyl (C=O) groups is 2. The Bertz CT molecular complexity index is 951. The number of anilines is 1. The van der Waals surface area contributed by atoms with Crippen molar-refractivity contribution in [3.05, 3.63) is 23.2 Å². The average molecular weight is 483 g/mol.